The Labute approximate surface area is 161 Å². The number of hydrogen-bond acceptors (Lipinski definition) is 5. The highest BCUT2D eigenvalue weighted by Gasteiger charge is 2.14. The number of nitrogens with two attached hydrogens (primary N) is 1. The quantitative estimate of drug-likeness (QED) is 0.635. The Kier molecular flexibility index (Phi) is 6.33. The van der Waals surface area contributed by atoms with Crippen LogP contribution in [0.25, 0.3) is 0 Å². The van der Waals surface area contributed by atoms with E-state index in [4.69, 9.17) is 10.5 Å². The zero-order valence-electron chi connectivity index (χ0n) is 15.0. The van der Waals surface area contributed by atoms with Crippen molar-refractivity contribution in [2.75, 3.05) is 13.1 Å². The lowest BCUT2D eigenvalue weighted by Gasteiger charge is -2.15. The molecule has 0 spiro atoms. The van der Waals surface area contributed by atoms with Gasteiger partial charge >= 0.3 is 0 Å². The lowest BCUT2D eigenvalue weighted by atomic mass is 10.1. The first kappa shape index (κ1) is 19.5. The Hall–Kier alpha value is -3.26. The molecule has 1 aliphatic rings. The number of halogens is 2. The summed E-state index contributed by atoms with van der Waals surface area (Å²) < 4.78 is 32.6. The van der Waals surface area contributed by atoms with Crippen LogP contribution in [-0.2, 0) is 17.8 Å². The molecule has 0 fully saturated rings. The molecular formula is C20H20F2N4O2. The zero-order valence-corrected chi connectivity index (χ0v) is 15.0. The van der Waals surface area contributed by atoms with Gasteiger partial charge in [-0.05, 0) is 48.4 Å². The molecule has 4 N–H and O–H groups in total. The summed E-state index contributed by atoms with van der Waals surface area (Å²) in [5, 5.41) is 5.97. The van der Waals surface area contributed by atoms with Crippen LogP contribution in [0.15, 0.2) is 59.4 Å². The van der Waals surface area contributed by atoms with E-state index < -0.39 is 11.7 Å². The number of benzene rings is 2. The van der Waals surface area contributed by atoms with Crippen LogP contribution in [0.1, 0.15) is 11.1 Å². The topological polar surface area (TPSA) is 88.7 Å². The number of primary amides is 1. The average Bonchev–Trinajstić information content (AvgIpc) is 2.69. The minimum atomic E-state index is -0.620. The molecule has 2 aromatic rings. The molecule has 146 valence electrons. The monoisotopic (exact) mass is 386 g/mol. The van der Waals surface area contributed by atoms with Gasteiger partial charge in [-0.15, -0.1) is 0 Å². The molecule has 1 aliphatic heterocycles. The van der Waals surface area contributed by atoms with E-state index in [2.05, 4.69) is 15.6 Å². The van der Waals surface area contributed by atoms with Crippen LogP contribution in [0.3, 0.4) is 0 Å². The molecule has 3 rings (SSSR count). The number of ether oxygens (including phenoxy) is 1. The van der Waals surface area contributed by atoms with Gasteiger partial charge in [0.2, 0.25) is 5.90 Å². The molecule has 0 aliphatic carbocycles. The number of amides is 1. The maximum absolute atomic E-state index is 14.3. The lowest BCUT2D eigenvalue weighted by molar-refractivity contribution is -0.114. The van der Waals surface area contributed by atoms with Crippen molar-refractivity contribution in [2.45, 2.75) is 13.0 Å². The first-order chi connectivity index (χ1) is 13.5. The van der Waals surface area contributed by atoms with E-state index in [1.54, 1.807) is 18.2 Å². The fourth-order valence-electron chi connectivity index (χ4n) is 2.59. The van der Waals surface area contributed by atoms with Crippen LogP contribution >= 0.6 is 0 Å². The third-order valence-electron chi connectivity index (χ3n) is 4.09. The molecule has 0 saturated carbocycles. The van der Waals surface area contributed by atoms with Gasteiger partial charge in [-0.25, -0.2) is 13.8 Å². The summed E-state index contributed by atoms with van der Waals surface area (Å²) in [4.78, 5) is 15.0. The summed E-state index contributed by atoms with van der Waals surface area (Å²) in [5.74, 6) is -1.11. The molecule has 1 heterocycles. The SMILES string of the molecule is NC(=O)C1=CN=C(Oc2ccc(CNCCc3ccc(F)cc3)cc2F)CN1. The van der Waals surface area contributed by atoms with Gasteiger partial charge < -0.3 is 21.1 Å². The fourth-order valence-corrected chi connectivity index (χ4v) is 2.59. The van der Waals surface area contributed by atoms with Gasteiger partial charge in [0.05, 0.1) is 12.7 Å². The van der Waals surface area contributed by atoms with Gasteiger partial charge in [0.1, 0.15) is 11.5 Å². The maximum atomic E-state index is 14.3. The van der Waals surface area contributed by atoms with Gasteiger partial charge in [0.25, 0.3) is 5.91 Å². The highest BCUT2D eigenvalue weighted by atomic mass is 19.1. The Morgan fingerprint density at radius 1 is 1.18 bits per heavy atom. The number of hydrogen-bond donors (Lipinski definition) is 3. The predicted octanol–water partition coefficient (Wildman–Crippen LogP) is 2.00. The molecule has 8 heteroatoms. The van der Waals surface area contributed by atoms with E-state index in [-0.39, 0.29) is 29.7 Å². The molecular weight excluding hydrogens is 366 g/mol. The van der Waals surface area contributed by atoms with Crippen molar-refractivity contribution in [3.8, 4) is 5.75 Å². The largest absolute Gasteiger partial charge is 0.438 e. The second-order valence-corrected chi connectivity index (χ2v) is 6.20. The molecule has 28 heavy (non-hydrogen) atoms. The third kappa shape index (κ3) is 5.37. The first-order valence-electron chi connectivity index (χ1n) is 8.73. The van der Waals surface area contributed by atoms with Gasteiger partial charge in [-0.1, -0.05) is 18.2 Å². The van der Waals surface area contributed by atoms with Crippen LogP contribution in [0.2, 0.25) is 0 Å². The zero-order chi connectivity index (χ0) is 19.9. The number of nitrogens with one attached hydrogen (secondary N) is 2. The van der Waals surface area contributed by atoms with Crippen LogP contribution < -0.4 is 21.1 Å². The van der Waals surface area contributed by atoms with Crippen LogP contribution in [0.5, 0.6) is 5.75 Å². The third-order valence-corrected chi connectivity index (χ3v) is 4.09. The van der Waals surface area contributed by atoms with E-state index in [1.165, 1.54) is 30.5 Å². The minimum Gasteiger partial charge on any atom is -0.438 e. The van der Waals surface area contributed by atoms with Crippen molar-refractivity contribution < 1.29 is 18.3 Å². The number of aliphatic imine (C=N–C) groups is 1. The smallest absolute Gasteiger partial charge is 0.266 e. The predicted molar refractivity (Wildman–Crippen MR) is 102 cm³/mol. The van der Waals surface area contributed by atoms with Crippen molar-refractivity contribution in [1.29, 1.82) is 0 Å². The van der Waals surface area contributed by atoms with E-state index >= 15 is 0 Å². The molecule has 0 saturated heterocycles. The second kappa shape index (κ2) is 9.09. The maximum Gasteiger partial charge on any atom is 0.266 e. The molecule has 0 aromatic heterocycles. The summed E-state index contributed by atoms with van der Waals surface area (Å²) in [7, 11) is 0. The number of rotatable bonds is 7. The van der Waals surface area contributed by atoms with Gasteiger partial charge in [-0.3, -0.25) is 4.79 Å². The second-order valence-electron chi connectivity index (χ2n) is 6.20. The van der Waals surface area contributed by atoms with Crippen LogP contribution in [-0.4, -0.2) is 24.9 Å². The fraction of sp³-hybridized carbons (Fsp3) is 0.200. The summed E-state index contributed by atoms with van der Waals surface area (Å²) in [6.07, 6.45) is 2.00. The molecule has 6 nitrogen and oxygen atoms in total. The van der Waals surface area contributed by atoms with E-state index in [0.717, 1.165) is 17.5 Å². The van der Waals surface area contributed by atoms with Crippen molar-refractivity contribution in [1.82, 2.24) is 10.6 Å². The van der Waals surface area contributed by atoms with Crippen LogP contribution in [0, 0.1) is 11.6 Å². The Bertz CT molecular complexity index is 911. The molecule has 0 unspecified atom stereocenters. The highest BCUT2D eigenvalue weighted by molar-refractivity contribution is 5.94. The molecule has 0 bridgehead atoms. The molecule has 0 radical (unpaired) electrons. The van der Waals surface area contributed by atoms with Gasteiger partial charge in [0.15, 0.2) is 11.6 Å². The summed E-state index contributed by atoms with van der Waals surface area (Å²) in [6.45, 7) is 1.31. The van der Waals surface area contributed by atoms with Crippen molar-refractivity contribution in [2.24, 2.45) is 10.7 Å². The summed E-state index contributed by atoms with van der Waals surface area (Å²) in [5.41, 5.74) is 7.10. The van der Waals surface area contributed by atoms with Crippen LogP contribution in [0.4, 0.5) is 8.78 Å². The molecule has 1 amide bonds. The van der Waals surface area contributed by atoms with E-state index in [9.17, 15) is 13.6 Å². The highest BCUT2D eigenvalue weighted by Crippen LogP contribution is 2.19. The first-order valence-corrected chi connectivity index (χ1v) is 8.73. The Morgan fingerprint density at radius 3 is 2.57 bits per heavy atom. The number of carbonyl (C=O) groups excluding carboxylic acids is 1. The number of carbonyl (C=O) groups is 1. The Morgan fingerprint density at radius 2 is 1.93 bits per heavy atom. The lowest BCUT2D eigenvalue weighted by Crippen LogP contribution is -2.35. The van der Waals surface area contributed by atoms with Gasteiger partial charge in [-0.2, -0.15) is 0 Å². The minimum absolute atomic E-state index is 0.0477. The summed E-state index contributed by atoms with van der Waals surface area (Å²) in [6, 6.07) is 11.0. The molecule has 0 atom stereocenters. The van der Waals surface area contributed by atoms with E-state index in [1.807, 2.05) is 0 Å². The Balaban J connectivity index is 1.50. The standard InChI is InChI=1S/C20H20F2N4O2/c21-15-4-1-13(2-5-15)7-8-24-10-14-3-6-18(16(22)9-14)28-19-12-25-17(11-26-19)20(23)27/h1-6,9,11,24-25H,7-8,10,12H2,(H2,23,27). The average molecular weight is 386 g/mol. The van der Waals surface area contributed by atoms with Crippen molar-refractivity contribution >= 4 is 11.8 Å². The normalized spacial score (nSPS) is 13.4. The molecule has 2 aromatic carbocycles. The van der Waals surface area contributed by atoms with E-state index in [0.29, 0.717) is 13.1 Å². The summed E-state index contributed by atoms with van der Waals surface area (Å²) >= 11 is 0. The van der Waals surface area contributed by atoms with Gasteiger partial charge in [0, 0.05) is 6.54 Å². The van der Waals surface area contributed by atoms with Crippen molar-refractivity contribution in [3.63, 3.8) is 0 Å². The van der Waals surface area contributed by atoms with Crippen molar-refractivity contribution in [3.05, 3.63) is 77.1 Å². The number of nitrogens with zero attached hydrogens (tertiary/aromatic N) is 1.